The molecule has 0 bridgehead atoms. The number of rotatable bonds is 46. The van der Waals surface area contributed by atoms with Gasteiger partial charge in [0.25, 0.3) is 0 Å². The first kappa shape index (κ1) is 57.4. The van der Waals surface area contributed by atoms with Gasteiger partial charge in [0, 0.05) is 19.3 Å². The number of ether oxygens (including phenoxy) is 3. The molecule has 350 valence electrons. The second-order valence-corrected chi connectivity index (χ2v) is 19.1. The Bertz CT molecular complexity index is 918. The highest BCUT2D eigenvalue weighted by Crippen LogP contribution is 2.18. The van der Waals surface area contributed by atoms with Gasteiger partial charge in [0.15, 0.2) is 6.10 Å². The van der Waals surface area contributed by atoms with Crippen molar-refractivity contribution in [2.24, 2.45) is 17.8 Å². The maximum atomic E-state index is 12.7. The Labute approximate surface area is 368 Å². The molecule has 0 aromatic heterocycles. The lowest BCUT2D eigenvalue weighted by Gasteiger charge is -2.18. The summed E-state index contributed by atoms with van der Waals surface area (Å²) in [7, 11) is 0. The van der Waals surface area contributed by atoms with Gasteiger partial charge in [0.2, 0.25) is 0 Å². The molecule has 0 radical (unpaired) electrons. The molecule has 0 saturated carbocycles. The highest BCUT2D eigenvalue weighted by molar-refractivity contribution is 5.71. The molecule has 0 aliphatic rings. The third-order valence-corrected chi connectivity index (χ3v) is 12.6. The van der Waals surface area contributed by atoms with E-state index < -0.39 is 6.10 Å². The van der Waals surface area contributed by atoms with Crippen molar-refractivity contribution in [2.75, 3.05) is 13.2 Å². The van der Waals surface area contributed by atoms with Crippen LogP contribution in [-0.2, 0) is 28.6 Å². The largest absolute Gasteiger partial charge is 0.462 e. The normalized spacial score (nSPS) is 13.1. The van der Waals surface area contributed by atoms with E-state index in [1.54, 1.807) is 0 Å². The lowest BCUT2D eigenvalue weighted by Crippen LogP contribution is -2.30. The van der Waals surface area contributed by atoms with E-state index in [0.29, 0.717) is 19.3 Å². The van der Waals surface area contributed by atoms with E-state index in [2.05, 4.69) is 41.5 Å². The Morgan fingerprint density at radius 1 is 0.339 bits per heavy atom. The summed E-state index contributed by atoms with van der Waals surface area (Å²) in [5, 5.41) is 0. The van der Waals surface area contributed by atoms with Crippen LogP contribution in [0, 0.1) is 17.8 Å². The Morgan fingerprint density at radius 2 is 0.593 bits per heavy atom. The van der Waals surface area contributed by atoms with Crippen LogP contribution in [0.2, 0.25) is 0 Å². The van der Waals surface area contributed by atoms with Gasteiger partial charge in [-0.05, 0) is 37.0 Å². The van der Waals surface area contributed by atoms with E-state index in [9.17, 15) is 14.4 Å². The molecule has 0 aliphatic heterocycles. The van der Waals surface area contributed by atoms with Crippen LogP contribution in [-0.4, -0.2) is 37.2 Å². The predicted molar refractivity (Wildman–Crippen MR) is 252 cm³/mol. The Morgan fingerprint density at radius 3 is 0.881 bits per heavy atom. The summed E-state index contributed by atoms with van der Waals surface area (Å²) in [5.74, 6) is 1.62. The number of hydrogen-bond acceptors (Lipinski definition) is 6. The molecule has 59 heavy (non-hydrogen) atoms. The first-order valence-corrected chi connectivity index (χ1v) is 26.2. The van der Waals surface area contributed by atoms with Crippen molar-refractivity contribution >= 4 is 17.9 Å². The van der Waals surface area contributed by atoms with Crippen LogP contribution in [0.4, 0.5) is 0 Å². The third kappa shape index (κ3) is 44.3. The van der Waals surface area contributed by atoms with Crippen LogP contribution in [0.3, 0.4) is 0 Å². The van der Waals surface area contributed by atoms with Gasteiger partial charge in [-0.25, -0.2) is 0 Å². The van der Waals surface area contributed by atoms with Crippen molar-refractivity contribution in [3.63, 3.8) is 0 Å². The fraction of sp³-hybridized carbons (Fsp3) is 0.943. The molecule has 0 heterocycles. The zero-order valence-electron chi connectivity index (χ0n) is 40.5. The van der Waals surface area contributed by atoms with Gasteiger partial charge in [-0.1, -0.05) is 247 Å². The average Bonchev–Trinajstić information content (AvgIpc) is 3.22. The van der Waals surface area contributed by atoms with Gasteiger partial charge in [-0.15, -0.1) is 0 Å². The predicted octanol–water partition coefficient (Wildman–Crippen LogP) is 16.8. The lowest BCUT2D eigenvalue weighted by atomic mass is 9.99. The minimum Gasteiger partial charge on any atom is -0.462 e. The van der Waals surface area contributed by atoms with E-state index >= 15 is 0 Å². The van der Waals surface area contributed by atoms with E-state index in [4.69, 9.17) is 14.2 Å². The van der Waals surface area contributed by atoms with Gasteiger partial charge in [0.1, 0.15) is 13.2 Å². The molecule has 2 unspecified atom stereocenters. The average molecular weight is 835 g/mol. The van der Waals surface area contributed by atoms with Gasteiger partial charge < -0.3 is 14.2 Å². The van der Waals surface area contributed by atoms with Crippen LogP contribution < -0.4 is 0 Å². The molecule has 3 atom stereocenters. The molecule has 0 amide bonds. The maximum absolute atomic E-state index is 12.7. The van der Waals surface area contributed by atoms with Crippen LogP contribution >= 0.6 is 0 Å². The minimum atomic E-state index is -0.763. The third-order valence-electron chi connectivity index (χ3n) is 12.6. The molecule has 0 fully saturated rings. The van der Waals surface area contributed by atoms with Crippen molar-refractivity contribution in [3.05, 3.63) is 0 Å². The molecule has 0 aliphatic carbocycles. The second-order valence-electron chi connectivity index (χ2n) is 19.1. The molecule has 0 spiro atoms. The maximum Gasteiger partial charge on any atom is 0.306 e. The van der Waals surface area contributed by atoms with Crippen LogP contribution in [0.5, 0.6) is 0 Å². The van der Waals surface area contributed by atoms with Crippen molar-refractivity contribution in [2.45, 2.75) is 292 Å². The lowest BCUT2D eigenvalue weighted by molar-refractivity contribution is -0.167. The van der Waals surface area contributed by atoms with E-state index in [0.717, 1.165) is 75.5 Å². The molecule has 0 N–H and O–H groups in total. The van der Waals surface area contributed by atoms with Gasteiger partial charge in [-0.2, -0.15) is 0 Å². The topological polar surface area (TPSA) is 78.9 Å². The number of unbranched alkanes of at least 4 members (excludes halogenated alkanes) is 27. The Balaban J connectivity index is 4.14. The van der Waals surface area contributed by atoms with Crippen molar-refractivity contribution in [3.8, 4) is 0 Å². The highest BCUT2D eigenvalue weighted by atomic mass is 16.6. The smallest absolute Gasteiger partial charge is 0.306 e. The molecule has 6 heteroatoms. The van der Waals surface area contributed by atoms with Gasteiger partial charge in [0.05, 0.1) is 0 Å². The quantitative estimate of drug-likeness (QED) is 0.0345. The summed E-state index contributed by atoms with van der Waals surface area (Å²) in [6, 6.07) is 0. The van der Waals surface area contributed by atoms with Crippen LogP contribution in [0.1, 0.15) is 286 Å². The molecular weight excluding hydrogens is 733 g/mol. The molecule has 0 aromatic rings. The zero-order chi connectivity index (χ0) is 43.4. The fourth-order valence-corrected chi connectivity index (χ4v) is 7.87. The van der Waals surface area contributed by atoms with Crippen LogP contribution in [0.15, 0.2) is 0 Å². The molecule has 0 rings (SSSR count). The second kappa shape index (κ2) is 44.5. The SMILES string of the molecule is CCC(C)CCCCCCCCCCCCCCCCCCCCC(=O)OC[C@@H](COC(=O)CCCCCCCCC(C)C)OC(=O)CCCCCCCCC(C)CC. The summed E-state index contributed by atoms with van der Waals surface area (Å²) < 4.78 is 16.8. The van der Waals surface area contributed by atoms with Crippen LogP contribution in [0.25, 0.3) is 0 Å². The minimum absolute atomic E-state index is 0.0663. The summed E-state index contributed by atoms with van der Waals surface area (Å²) in [6.45, 7) is 13.7. The van der Waals surface area contributed by atoms with E-state index in [1.807, 2.05) is 0 Å². The summed E-state index contributed by atoms with van der Waals surface area (Å²) >= 11 is 0. The van der Waals surface area contributed by atoms with Crippen molar-refractivity contribution in [1.82, 2.24) is 0 Å². The molecule has 0 saturated heterocycles. The first-order chi connectivity index (χ1) is 28.7. The first-order valence-electron chi connectivity index (χ1n) is 26.2. The van der Waals surface area contributed by atoms with E-state index in [1.165, 1.54) is 167 Å². The molecular formula is C53H102O6. The Kier molecular flexibility index (Phi) is 43.3. The fourth-order valence-electron chi connectivity index (χ4n) is 7.87. The van der Waals surface area contributed by atoms with Gasteiger partial charge in [-0.3, -0.25) is 14.4 Å². The Hall–Kier alpha value is -1.59. The van der Waals surface area contributed by atoms with E-state index in [-0.39, 0.29) is 31.1 Å². The standard InChI is InChI=1S/C53H102O6/c1-7-48(5)40-34-28-21-19-17-15-13-11-9-10-12-14-16-18-20-22-30-36-42-51(54)57-45-50(46-58-52(55)43-37-31-25-23-27-33-39-47(3)4)59-53(56)44-38-32-26-24-29-35-41-49(6)8-2/h47-50H,7-46H2,1-6H3/t48?,49?,50-/m0/s1. The van der Waals surface area contributed by atoms with Crippen molar-refractivity contribution in [1.29, 1.82) is 0 Å². The van der Waals surface area contributed by atoms with Crippen molar-refractivity contribution < 1.29 is 28.6 Å². The number of carbonyl (C=O) groups excluding carboxylic acids is 3. The van der Waals surface area contributed by atoms with Gasteiger partial charge >= 0.3 is 17.9 Å². The zero-order valence-corrected chi connectivity index (χ0v) is 40.5. The number of hydrogen-bond donors (Lipinski definition) is 0. The monoisotopic (exact) mass is 835 g/mol. The molecule has 0 aromatic carbocycles. The highest BCUT2D eigenvalue weighted by Gasteiger charge is 2.19. The summed E-state index contributed by atoms with van der Waals surface area (Å²) in [6.07, 6.45) is 44.0. The number of carbonyl (C=O) groups is 3. The number of esters is 3. The summed E-state index contributed by atoms with van der Waals surface area (Å²) in [4.78, 5) is 37.8. The summed E-state index contributed by atoms with van der Waals surface area (Å²) in [5.41, 5.74) is 0. The molecule has 6 nitrogen and oxygen atoms in total.